The van der Waals surface area contributed by atoms with Crippen LogP contribution in [0.25, 0.3) is 11.2 Å². The molecule has 1 N–H and O–H groups in total. The van der Waals surface area contributed by atoms with Crippen molar-refractivity contribution in [2.45, 2.75) is 19.6 Å². The molecule has 0 aliphatic carbocycles. The van der Waals surface area contributed by atoms with Crippen LogP contribution in [0.2, 0.25) is 0 Å². The molecule has 2 aromatic heterocycles. The first-order valence-electron chi connectivity index (χ1n) is 9.58. The van der Waals surface area contributed by atoms with Crippen molar-refractivity contribution in [2.24, 2.45) is 0 Å². The highest BCUT2D eigenvalue weighted by Gasteiger charge is 2.38. The fraction of sp³-hybridized carbons (Fsp3) is 0.556. The summed E-state index contributed by atoms with van der Waals surface area (Å²) in [4.78, 5) is 34.7. The standard InChI is InChI=1S/C18H23F3N6O3/c1-2-30-14(28)12-23-17(29)26-9-6-25(7-10-26)8-11-27-15-13(4-3-5-22-15)24-16(27)18(19,20)21/h3-5H,2,6-12H2,1H3,(H,23,29). The van der Waals surface area contributed by atoms with E-state index in [-0.39, 0.29) is 36.9 Å². The van der Waals surface area contributed by atoms with Gasteiger partial charge in [-0.05, 0) is 19.1 Å². The second-order valence-electron chi connectivity index (χ2n) is 6.72. The zero-order valence-electron chi connectivity index (χ0n) is 16.5. The summed E-state index contributed by atoms with van der Waals surface area (Å²) in [6.45, 7) is 3.99. The molecule has 2 aromatic rings. The van der Waals surface area contributed by atoms with E-state index in [1.165, 1.54) is 12.3 Å². The quantitative estimate of drug-likeness (QED) is 0.699. The predicted molar refractivity (Wildman–Crippen MR) is 101 cm³/mol. The molecule has 12 heteroatoms. The highest BCUT2D eigenvalue weighted by molar-refractivity contribution is 5.80. The molecule has 0 aromatic carbocycles. The zero-order valence-corrected chi connectivity index (χ0v) is 16.5. The van der Waals surface area contributed by atoms with E-state index < -0.39 is 18.0 Å². The normalized spacial score (nSPS) is 15.4. The predicted octanol–water partition coefficient (Wildman–Crippen LogP) is 1.34. The Hall–Kier alpha value is -2.89. The van der Waals surface area contributed by atoms with Crippen molar-refractivity contribution in [3.05, 3.63) is 24.2 Å². The van der Waals surface area contributed by atoms with Gasteiger partial charge in [0.15, 0.2) is 5.65 Å². The second kappa shape index (κ2) is 9.28. The van der Waals surface area contributed by atoms with Crippen molar-refractivity contribution in [3.63, 3.8) is 0 Å². The van der Waals surface area contributed by atoms with E-state index in [0.717, 1.165) is 4.57 Å². The molecule has 0 radical (unpaired) electrons. The lowest BCUT2D eigenvalue weighted by Crippen LogP contribution is -2.52. The van der Waals surface area contributed by atoms with Gasteiger partial charge in [-0.15, -0.1) is 0 Å². The van der Waals surface area contributed by atoms with Gasteiger partial charge in [0.05, 0.1) is 6.61 Å². The maximum absolute atomic E-state index is 13.4. The van der Waals surface area contributed by atoms with Gasteiger partial charge < -0.3 is 19.5 Å². The number of imidazole rings is 1. The zero-order chi connectivity index (χ0) is 21.7. The van der Waals surface area contributed by atoms with Crippen LogP contribution in [0.1, 0.15) is 12.7 Å². The molecule has 0 bridgehead atoms. The van der Waals surface area contributed by atoms with Crippen molar-refractivity contribution >= 4 is 23.2 Å². The Morgan fingerprint density at radius 2 is 1.93 bits per heavy atom. The van der Waals surface area contributed by atoms with Crippen molar-refractivity contribution in [1.29, 1.82) is 0 Å². The van der Waals surface area contributed by atoms with Gasteiger partial charge in [-0.2, -0.15) is 13.2 Å². The molecule has 30 heavy (non-hydrogen) atoms. The van der Waals surface area contributed by atoms with Crippen molar-refractivity contribution in [3.8, 4) is 0 Å². The molecule has 0 saturated carbocycles. The third kappa shape index (κ3) is 5.17. The SMILES string of the molecule is CCOC(=O)CNC(=O)N1CCN(CCn2c(C(F)(F)F)nc3cccnc32)CC1. The van der Waals surface area contributed by atoms with E-state index in [1.807, 2.05) is 4.90 Å². The summed E-state index contributed by atoms with van der Waals surface area (Å²) in [6, 6.07) is 2.68. The Balaban J connectivity index is 1.54. The van der Waals surface area contributed by atoms with Gasteiger partial charge in [0.25, 0.3) is 0 Å². The average molecular weight is 428 g/mol. The van der Waals surface area contributed by atoms with Crippen LogP contribution in [0.3, 0.4) is 0 Å². The molecule has 2 amide bonds. The molecule has 0 atom stereocenters. The number of amides is 2. The van der Waals surface area contributed by atoms with Crippen molar-refractivity contribution < 1.29 is 27.5 Å². The van der Waals surface area contributed by atoms with Crippen molar-refractivity contribution in [2.75, 3.05) is 45.9 Å². The molecular weight excluding hydrogens is 405 g/mol. The fourth-order valence-electron chi connectivity index (χ4n) is 3.27. The summed E-state index contributed by atoms with van der Waals surface area (Å²) in [5.74, 6) is -1.47. The van der Waals surface area contributed by atoms with Crippen LogP contribution in [0.4, 0.5) is 18.0 Å². The van der Waals surface area contributed by atoms with Gasteiger partial charge >= 0.3 is 18.2 Å². The van der Waals surface area contributed by atoms with Crippen LogP contribution in [0.5, 0.6) is 0 Å². The third-order valence-electron chi connectivity index (χ3n) is 4.75. The van der Waals surface area contributed by atoms with Gasteiger partial charge in [-0.1, -0.05) is 0 Å². The van der Waals surface area contributed by atoms with Gasteiger partial charge in [-0.3, -0.25) is 9.69 Å². The number of carbonyl (C=O) groups is 2. The Labute approximate surface area is 170 Å². The molecule has 164 valence electrons. The Bertz CT molecular complexity index is 893. The molecule has 3 heterocycles. The van der Waals surface area contributed by atoms with Gasteiger partial charge in [0.2, 0.25) is 5.82 Å². The molecule has 1 saturated heterocycles. The monoisotopic (exact) mass is 428 g/mol. The first-order valence-corrected chi connectivity index (χ1v) is 9.58. The third-order valence-corrected chi connectivity index (χ3v) is 4.75. The Morgan fingerprint density at radius 1 is 1.20 bits per heavy atom. The number of ether oxygens (including phenoxy) is 1. The van der Waals surface area contributed by atoms with Crippen LogP contribution in [0.15, 0.2) is 18.3 Å². The largest absolute Gasteiger partial charge is 0.465 e. The van der Waals surface area contributed by atoms with E-state index in [2.05, 4.69) is 15.3 Å². The number of hydrogen-bond acceptors (Lipinski definition) is 6. The summed E-state index contributed by atoms with van der Waals surface area (Å²) in [7, 11) is 0. The van der Waals surface area contributed by atoms with Crippen LogP contribution in [-0.2, 0) is 22.3 Å². The number of urea groups is 1. The minimum absolute atomic E-state index is 0.0808. The summed E-state index contributed by atoms with van der Waals surface area (Å²) in [5, 5.41) is 2.50. The van der Waals surface area contributed by atoms with Gasteiger partial charge in [0, 0.05) is 45.5 Å². The maximum atomic E-state index is 13.4. The average Bonchev–Trinajstić information content (AvgIpc) is 3.10. The lowest BCUT2D eigenvalue weighted by atomic mass is 10.3. The molecule has 0 spiro atoms. The number of esters is 1. The number of pyridine rings is 1. The van der Waals surface area contributed by atoms with E-state index in [1.54, 1.807) is 17.9 Å². The minimum atomic E-state index is -4.57. The topological polar surface area (TPSA) is 92.6 Å². The highest BCUT2D eigenvalue weighted by atomic mass is 19.4. The number of nitrogens with one attached hydrogen (secondary N) is 1. The molecule has 1 fully saturated rings. The number of alkyl halides is 3. The van der Waals surface area contributed by atoms with E-state index in [4.69, 9.17) is 4.74 Å². The van der Waals surface area contributed by atoms with Crippen LogP contribution in [-0.4, -0.2) is 82.2 Å². The summed E-state index contributed by atoms with van der Waals surface area (Å²) in [5.41, 5.74) is 0.398. The summed E-state index contributed by atoms with van der Waals surface area (Å²) >= 11 is 0. The number of hydrogen-bond donors (Lipinski definition) is 1. The number of nitrogens with zero attached hydrogens (tertiary/aromatic N) is 5. The Kier molecular flexibility index (Phi) is 6.75. The smallest absolute Gasteiger partial charge is 0.449 e. The van der Waals surface area contributed by atoms with Gasteiger partial charge in [0.1, 0.15) is 12.1 Å². The lowest BCUT2D eigenvalue weighted by Gasteiger charge is -2.34. The highest BCUT2D eigenvalue weighted by Crippen LogP contribution is 2.30. The summed E-state index contributed by atoms with van der Waals surface area (Å²) in [6.07, 6.45) is -3.13. The maximum Gasteiger partial charge on any atom is 0.449 e. The second-order valence-corrected chi connectivity index (χ2v) is 6.72. The van der Waals surface area contributed by atoms with Gasteiger partial charge in [-0.25, -0.2) is 14.8 Å². The molecule has 3 rings (SSSR count). The lowest BCUT2D eigenvalue weighted by molar-refractivity contribution is -0.147. The molecule has 1 aliphatic heterocycles. The fourth-order valence-corrected chi connectivity index (χ4v) is 3.27. The van der Waals surface area contributed by atoms with E-state index in [9.17, 15) is 22.8 Å². The first-order chi connectivity index (χ1) is 14.3. The van der Waals surface area contributed by atoms with Crippen LogP contribution in [0, 0.1) is 0 Å². The molecular formula is C18H23F3N6O3. The number of halogens is 3. The first kappa shape index (κ1) is 21.8. The number of piperazine rings is 1. The van der Waals surface area contributed by atoms with Crippen molar-refractivity contribution in [1.82, 2.24) is 29.7 Å². The number of fused-ring (bicyclic) bond motifs is 1. The molecule has 1 aliphatic rings. The van der Waals surface area contributed by atoms with Crippen LogP contribution < -0.4 is 5.32 Å². The number of aromatic nitrogens is 3. The van der Waals surface area contributed by atoms with E-state index >= 15 is 0 Å². The Morgan fingerprint density at radius 3 is 2.60 bits per heavy atom. The van der Waals surface area contributed by atoms with Crippen LogP contribution >= 0.6 is 0 Å². The van der Waals surface area contributed by atoms with E-state index in [0.29, 0.717) is 32.7 Å². The minimum Gasteiger partial charge on any atom is -0.465 e. The summed E-state index contributed by atoms with van der Waals surface area (Å²) < 4.78 is 45.9. The molecule has 9 nitrogen and oxygen atoms in total. The number of carbonyl (C=O) groups excluding carboxylic acids is 2. The molecule has 0 unspecified atom stereocenters. The number of rotatable bonds is 6.